The number of carboxylic acids is 2. The van der Waals surface area contributed by atoms with E-state index in [1.54, 1.807) is 24.3 Å². The Kier molecular flexibility index (Phi) is 4.73. The molecule has 0 unspecified atom stereocenters. The van der Waals surface area contributed by atoms with Crippen LogP contribution in [0.15, 0.2) is 42.5 Å². The summed E-state index contributed by atoms with van der Waals surface area (Å²) < 4.78 is 0. The van der Waals surface area contributed by atoms with Crippen molar-refractivity contribution >= 4 is 28.6 Å². The number of benzene rings is 2. The summed E-state index contributed by atoms with van der Waals surface area (Å²) in [5.74, 6) is -2.89. The first kappa shape index (κ1) is 15.5. The molecule has 0 spiro atoms. The van der Waals surface area contributed by atoms with Crippen molar-refractivity contribution in [1.29, 1.82) is 0 Å². The number of nitrogens with one attached hydrogen (secondary N) is 1. The maximum Gasteiger partial charge on any atom is 0.326 e. The van der Waals surface area contributed by atoms with E-state index in [1.165, 1.54) is 0 Å². The second kappa shape index (κ2) is 6.71. The van der Waals surface area contributed by atoms with Gasteiger partial charge in [-0.15, -0.1) is 0 Å². The Bertz CT molecular complexity index is 720. The fourth-order valence-electron chi connectivity index (χ4n) is 2.18. The van der Waals surface area contributed by atoms with Crippen LogP contribution in [0.25, 0.3) is 10.8 Å². The topological polar surface area (TPSA) is 104 Å². The van der Waals surface area contributed by atoms with E-state index in [0.717, 1.165) is 5.39 Å². The van der Waals surface area contributed by atoms with Crippen LogP contribution >= 0.6 is 0 Å². The molecule has 3 N–H and O–H groups in total. The Morgan fingerprint density at radius 3 is 2.36 bits per heavy atom. The number of hydrogen-bond acceptors (Lipinski definition) is 3. The van der Waals surface area contributed by atoms with Crippen molar-refractivity contribution in [2.24, 2.45) is 0 Å². The fraction of sp³-hybridized carbons (Fsp3) is 0.188. The van der Waals surface area contributed by atoms with Crippen molar-refractivity contribution in [1.82, 2.24) is 5.32 Å². The molecule has 0 bridgehead atoms. The van der Waals surface area contributed by atoms with Gasteiger partial charge in [0.05, 0.1) is 0 Å². The van der Waals surface area contributed by atoms with Gasteiger partial charge < -0.3 is 15.5 Å². The predicted octanol–water partition coefficient (Wildman–Crippen LogP) is 1.89. The summed E-state index contributed by atoms with van der Waals surface area (Å²) in [5.41, 5.74) is 0.361. The lowest BCUT2D eigenvalue weighted by molar-refractivity contribution is -0.140. The Labute approximate surface area is 126 Å². The van der Waals surface area contributed by atoms with Gasteiger partial charge in [-0.05, 0) is 23.3 Å². The van der Waals surface area contributed by atoms with Crippen LogP contribution in [0.1, 0.15) is 23.2 Å². The van der Waals surface area contributed by atoms with Crippen molar-refractivity contribution in [3.63, 3.8) is 0 Å². The van der Waals surface area contributed by atoms with Crippen LogP contribution in [0.5, 0.6) is 0 Å². The average molecular weight is 301 g/mol. The number of rotatable bonds is 6. The number of amides is 1. The molecule has 0 aliphatic rings. The highest BCUT2D eigenvalue weighted by Gasteiger charge is 2.22. The molecule has 0 aromatic heterocycles. The highest BCUT2D eigenvalue weighted by Crippen LogP contribution is 2.18. The van der Waals surface area contributed by atoms with E-state index in [4.69, 9.17) is 10.2 Å². The largest absolute Gasteiger partial charge is 0.481 e. The lowest BCUT2D eigenvalue weighted by Crippen LogP contribution is -2.41. The summed E-state index contributed by atoms with van der Waals surface area (Å²) in [5, 5.41) is 21.7. The van der Waals surface area contributed by atoms with Crippen LogP contribution < -0.4 is 5.32 Å². The van der Waals surface area contributed by atoms with Crippen LogP contribution in [0.3, 0.4) is 0 Å². The summed E-state index contributed by atoms with van der Waals surface area (Å²) in [7, 11) is 0. The van der Waals surface area contributed by atoms with Crippen molar-refractivity contribution in [3.8, 4) is 0 Å². The third kappa shape index (κ3) is 3.60. The smallest absolute Gasteiger partial charge is 0.326 e. The first-order valence-corrected chi connectivity index (χ1v) is 6.72. The van der Waals surface area contributed by atoms with Crippen LogP contribution in [0.4, 0.5) is 0 Å². The van der Waals surface area contributed by atoms with E-state index in [1.807, 2.05) is 18.2 Å². The molecule has 2 aromatic carbocycles. The van der Waals surface area contributed by atoms with Gasteiger partial charge in [-0.1, -0.05) is 36.4 Å². The molecule has 22 heavy (non-hydrogen) atoms. The second-order valence-corrected chi connectivity index (χ2v) is 4.82. The molecule has 0 saturated heterocycles. The maximum absolute atomic E-state index is 12.3. The molecular weight excluding hydrogens is 286 g/mol. The summed E-state index contributed by atoms with van der Waals surface area (Å²) in [6, 6.07) is 11.2. The Hall–Kier alpha value is -2.89. The van der Waals surface area contributed by atoms with Crippen molar-refractivity contribution in [3.05, 3.63) is 48.0 Å². The lowest BCUT2D eigenvalue weighted by Gasteiger charge is -2.14. The molecule has 114 valence electrons. The molecular formula is C16H15NO5. The van der Waals surface area contributed by atoms with Gasteiger partial charge in [0.1, 0.15) is 6.04 Å². The zero-order valence-corrected chi connectivity index (χ0v) is 11.7. The molecule has 0 aliphatic heterocycles. The second-order valence-electron chi connectivity index (χ2n) is 4.82. The summed E-state index contributed by atoms with van der Waals surface area (Å²) in [6.07, 6.45) is -0.492. The predicted molar refractivity (Wildman–Crippen MR) is 79.7 cm³/mol. The van der Waals surface area contributed by atoms with Gasteiger partial charge in [-0.2, -0.15) is 0 Å². The van der Waals surface area contributed by atoms with E-state index in [0.29, 0.717) is 10.9 Å². The van der Waals surface area contributed by atoms with E-state index in [9.17, 15) is 14.4 Å². The third-order valence-corrected chi connectivity index (χ3v) is 3.28. The minimum absolute atomic E-state index is 0.166. The number of carbonyl (C=O) groups is 3. The number of carbonyl (C=O) groups excluding carboxylic acids is 1. The van der Waals surface area contributed by atoms with E-state index in [-0.39, 0.29) is 12.8 Å². The van der Waals surface area contributed by atoms with Gasteiger partial charge in [-0.25, -0.2) is 4.79 Å². The summed E-state index contributed by atoms with van der Waals surface area (Å²) >= 11 is 0. The Balaban J connectivity index is 2.22. The molecule has 0 aliphatic carbocycles. The van der Waals surface area contributed by atoms with Crippen LogP contribution in [-0.4, -0.2) is 34.1 Å². The molecule has 1 amide bonds. The first-order valence-electron chi connectivity index (χ1n) is 6.72. The van der Waals surface area contributed by atoms with Gasteiger partial charge >= 0.3 is 11.9 Å². The lowest BCUT2D eigenvalue weighted by atomic mass is 10.0. The summed E-state index contributed by atoms with van der Waals surface area (Å²) in [4.78, 5) is 34.0. The molecule has 6 nitrogen and oxygen atoms in total. The maximum atomic E-state index is 12.3. The van der Waals surface area contributed by atoms with E-state index in [2.05, 4.69) is 5.32 Å². The Morgan fingerprint density at radius 2 is 1.68 bits per heavy atom. The highest BCUT2D eigenvalue weighted by atomic mass is 16.4. The average Bonchev–Trinajstić information content (AvgIpc) is 2.50. The molecule has 0 radical (unpaired) electrons. The molecule has 6 heteroatoms. The zero-order chi connectivity index (χ0) is 16.1. The van der Waals surface area contributed by atoms with E-state index >= 15 is 0 Å². The summed E-state index contributed by atoms with van der Waals surface area (Å²) in [6.45, 7) is 0. The number of hydrogen-bond donors (Lipinski definition) is 3. The molecule has 1 atom stereocenters. The number of carboxylic acid groups (broad SMARTS) is 2. The monoisotopic (exact) mass is 301 g/mol. The molecule has 0 saturated carbocycles. The normalized spacial score (nSPS) is 11.8. The zero-order valence-electron chi connectivity index (χ0n) is 11.7. The van der Waals surface area contributed by atoms with Gasteiger partial charge in [0.15, 0.2) is 0 Å². The molecule has 0 fully saturated rings. The van der Waals surface area contributed by atoms with Crippen molar-refractivity contribution in [2.45, 2.75) is 18.9 Å². The third-order valence-electron chi connectivity index (χ3n) is 3.28. The van der Waals surface area contributed by atoms with Crippen LogP contribution in [0, 0.1) is 0 Å². The minimum atomic E-state index is -1.25. The SMILES string of the molecule is O=C(O)CC[C@H](NC(=O)c1cccc2ccccc12)C(=O)O. The first-order chi connectivity index (χ1) is 10.5. The molecule has 2 rings (SSSR count). The highest BCUT2D eigenvalue weighted by molar-refractivity contribution is 6.07. The van der Waals surface area contributed by atoms with Gasteiger partial charge in [0.25, 0.3) is 5.91 Å². The van der Waals surface area contributed by atoms with Crippen molar-refractivity contribution in [2.75, 3.05) is 0 Å². The molecule has 0 heterocycles. The minimum Gasteiger partial charge on any atom is -0.481 e. The Morgan fingerprint density at radius 1 is 1.00 bits per heavy atom. The van der Waals surface area contributed by atoms with Gasteiger partial charge in [0.2, 0.25) is 0 Å². The van der Waals surface area contributed by atoms with Crippen LogP contribution in [0.2, 0.25) is 0 Å². The molecule has 2 aromatic rings. The van der Waals surface area contributed by atoms with Gasteiger partial charge in [0, 0.05) is 12.0 Å². The van der Waals surface area contributed by atoms with E-state index < -0.39 is 23.9 Å². The number of fused-ring (bicyclic) bond motifs is 1. The van der Waals surface area contributed by atoms with Crippen molar-refractivity contribution < 1.29 is 24.6 Å². The van der Waals surface area contributed by atoms with Crippen LogP contribution in [-0.2, 0) is 9.59 Å². The fourth-order valence-corrected chi connectivity index (χ4v) is 2.18. The standard InChI is InChI=1S/C16H15NO5/c18-14(19)9-8-13(16(21)22)17-15(20)12-7-3-5-10-4-1-2-6-11(10)12/h1-7,13H,8-9H2,(H,17,20)(H,18,19)(H,21,22)/t13-/m0/s1. The quantitative estimate of drug-likeness (QED) is 0.756. The van der Waals surface area contributed by atoms with Gasteiger partial charge in [-0.3, -0.25) is 9.59 Å². The number of aliphatic carboxylic acids is 2.